The molecule has 0 saturated heterocycles. The van der Waals surface area contributed by atoms with Crippen LogP contribution >= 0.6 is 11.3 Å². The van der Waals surface area contributed by atoms with E-state index in [-0.39, 0.29) is 23.7 Å². The number of nitro groups is 1. The highest BCUT2D eigenvalue weighted by molar-refractivity contribution is 7.16. The first kappa shape index (κ1) is 17.7. The van der Waals surface area contributed by atoms with Gasteiger partial charge in [0, 0.05) is 18.9 Å². The first-order valence-corrected chi connectivity index (χ1v) is 7.33. The number of hydrazone groups is 1. The molecule has 1 aromatic heterocycles. The van der Waals surface area contributed by atoms with Crippen LogP contribution in [0, 0.1) is 10.1 Å². The number of unbranched alkanes of at least 4 members (excludes halogenated alkanes) is 2. The molecule has 22 heavy (non-hydrogen) atoms. The summed E-state index contributed by atoms with van der Waals surface area (Å²) in [5, 5.41) is 22.5. The molecule has 1 heterocycles. The van der Waals surface area contributed by atoms with E-state index in [1.54, 1.807) is 6.07 Å². The fourth-order valence-electron chi connectivity index (χ4n) is 1.54. The van der Waals surface area contributed by atoms with Gasteiger partial charge < -0.3 is 0 Å². The van der Waals surface area contributed by atoms with E-state index in [2.05, 4.69) is 10.5 Å². The molecule has 0 aliphatic rings. The average Bonchev–Trinajstić information content (AvgIpc) is 2.95. The molecule has 0 aliphatic heterocycles. The summed E-state index contributed by atoms with van der Waals surface area (Å²) >= 11 is 0.964. The van der Waals surface area contributed by atoms with E-state index < -0.39 is 10.8 Å². The molecule has 3 N–H and O–H groups in total. The Labute approximate surface area is 130 Å². The minimum atomic E-state index is -0.488. The van der Waals surface area contributed by atoms with Crippen molar-refractivity contribution in [2.75, 3.05) is 0 Å². The van der Waals surface area contributed by atoms with Crippen molar-refractivity contribution in [1.29, 1.82) is 0 Å². The summed E-state index contributed by atoms with van der Waals surface area (Å²) in [5.74, 6) is -0.715. The van der Waals surface area contributed by atoms with Crippen LogP contribution in [0.1, 0.15) is 37.0 Å². The number of carbonyl (C=O) groups is 2. The van der Waals surface area contributed by atoms with Gasteiger partial charge in [-0.25, -0.2) is 10.9 Å². The number of thiophene rings is 1. The van der Waals surface area contributed by atoms with Crippen LogP contribution < -0.4 is 10.9 Å². The van der Waals surface area contributed by atoms with Crippen LogP contribution in [0.25, 0.3) is 0 Å². The van der Waals surface area contributed by atoms with Crippen molar-refractivity contribution in [3.8, 4) is 0 Å². The number of hydrogen-bond donors (Lipinski definition) is 3. The van der Waals surface area contributed by atoms with Crippen molar-refractivity contribution in [1.82, 2.24) is 10.9 Å². The summed E-state index contributed by atoms with van der Waals surface area (Å²) in [7, 11) is 0. The van der Waals surface area contributed by atoms with E-state index in [4.69, 9.17) is 5.21 Å². The highest BCUT2D eigenvalue weighted by atomic mass is 32.1. The lowest BCUT2D eigenvalue weighted by atomic mass is 10.1. The molecule has 0 aliphatic carbocycles. The molecular weight excluding hydrogens is 312 g/mol. The molecule has 10 heteroatoms. The zero-order valence-electron chi connectivity index (χ0n) is 11.7. The fourth-order valence-corrected chi connectivity index (χ4v) is 2.23. The van der Waals surface area contributed by atoms with Crippen molar-refractivity contribution in [3.63, 3.8) is 0 Å². The Hall–Kier alpha value is -2.33. The van der Waals surface area contributed by atoms with Crippen molar-refractivity contribution in [2.24, 2.45) is 5.10 Å². The molecule has 1 aromatic rings. The lowest BCUT2D eigenvalue weighted by Crippen LogP contribution is -2.18. The van der Waals surface area contributed by atoms with Gasteiger partial charge in [-0.05, 0) is 18.9 Å². The second-order valence-corrected chi connectivity index (χ2v) is 5.42. The monoisotopic (exact) mass is 328 g/mol. The number of hydroxylamine groups is 1. The molecule has 0 bridgehead atoms. The Morgan fingerprint density at radius 1 is 1.27 bits per heavy atom. The van der Waals surface area contributed by atoms with Gasteiger partial charge >= 0.3 is 5.00 Å². The second-order valence-electron chi connectivity index (χ2n) is 4.32. The normalized spacial score (nSPS) is 10.6. The van der Waals surface area contributed by atoms with Gasteiger partial charge in [0.1, 0.15) is 0 Å². The molecule has 0 aromatic carbocycles. The van der Waals surface area contributed by atoms with E-state index in [0.717, 1.165) is 11.3 Å². The van der Waals surface area contributed by atoms with Gasteiger partial charge in [-0.1, -0.05) is 17.8 Å². The summed E-state index contributed by atoms with van der Waals surface area (Å²) in [6.45, 7) is 0. The molecule has 0 radical (unpaired) electrons. The maximum Gasteiger partial charge on any atom is 0.324 e. The predicted molar refractivity (Wildman–Crippen MR) is 79.7 cm³/mol. The summed E-state index contributed by atoms with van der Waals surface area (Å²) in [5.41, 5.74) is 3.87. The minimum Gasteiger partial charge on any atom is -0.289 e. The van der Waals surface area contributed by atoms with Crippen molar-refractivity contribution >= 4 is 34.4 Å². The van der Waals surface area contributed by atoms with E-state index >= 15 is 0 Å². The van der Waals surface area contributed by atoms with Crippen molar-refractivity contribution < 1.29 is 19.7 Å². The van der Waals surface area contributed by atoms with E-state index in [1.165, 1.54) is 17.8 Å². The lowest BCUT2D eigenvalue weighted by Gasteiger charge is -2.00. The quantitative estimate of drug-likeness (QED) is 0.208. The molecule has 0 atom stereocenters. The van der Waals surface area contributed by atoms with Crippen molar-refractivity contribution in [3.05, 3.63) is 27.1 Å². The third kappa shape index (κ3) is 6.90. The molecule has 0 saturated carbocycles. The average molecular weight is 328 g/mol. The van der Waals surface area contributed by atoms with Crippen LogP contribution in [0.2, 0.25) is 0 Å². The minimum absolute atomic E-state index is 0.0136. The number of rotatable bonds is 9. The summed E-state index contributed by atoms with van der Waals surface area (Å²) in [6.07, 6.45) is 3.70. The van der Waals surface area contributed by atoms with Gasteiger partial charge in [0.05, 0.1) is 16.0 Å². The van der Waals surface area contributed by atoms with Gasteiger partial charge in [0.2, 0.25) is 11.8 Å². The maximum atomic E-state index is 11.5. The molecule has 1 rings (SSSR count). The van der Waals surface area contributed by atoms with Crippen molar-refractivity contribution in [2.45, 2.75) is 32.1 Å². The van der Waals surface area contributed by atoms with Crippen LogP contribution in [0.3, 0.4) is 0 Å². The zero-order chi connectivity index (χ0) is 16.4. The third-order valence-electron chi connectivity index (χ3n) is 2.61. The highest BCUT2D eigenvalue weighted by Crippen LogP contribution is 2.22. The molecule has 0 spiro atoms. The van der Waals surface area contributed by atoms with Crippen LogP contribution in [0.15, 0.2) is 17.2 Å². The van der Waals surface area contributed by atoms with E-state index in [0.29, 0.717) is 24.1 Å². The number of nitrogens with one attached hydrogen (secondary N) is 2. The number of carbonyl (C=O) groups excluding carboxylic acids is 2. The largest absolute Gasteiger partial charge is 0.324 e. The van der Waals surface area contributed by atoms with E-state index in [9.17, 15) is 19.7 Å². The summed E-state index contributed by atoms with van der Waals surface area (Å²) in [6, 6.07) is 2.92. The topological polar surface area (TPSA) is 134 Å². The van der Waals surface area contributed by atoms with Gasteiger partial charge in [-0.3, -0.25) is 24.9 Å². The molecule has 2 amide bonds. The Morgan fingerprint density at radius 3 is 2.55 bits per heavy atom. The molecule has 0 fully saturated rings. The van der Waals surface area contributed by atoms with E-state index in [1.807, 2.05) is 0 Å². The fraction of sp³-hybridized carbons (Fsp3) is 0.417. The Bertz CT molecular complexity index is 557. The van der Waals surface area contributed by atoms with Gasteiger partial charge in [-0.2, -0.15) is 5.10 Å². The Morgan fingerprint density at radius 2 is 1.95 bits per heavy atom. The standard InChI is InChI=1S/C12H16N4O5S/c17-10(4-2-1-3-5-11(18)15-19)14-13-8-9-6-7-12(22-9)16(20)21/h6-8,19H,1-5H2,(H,14,17)(H,15,18)/b13-8+. The molecule has 0 unspecified atom stereocenters. The van der Waals surface area contributed by atoms with Crippen LogP contribution in [-0.4, -0.2) is 28.2 Å². The lowest BCUT2D eigenvalue weighted by molar-refractivity contribution is -0.380. The van der Waals surface area contributed by atoms with Gasteiger partial charge in [0.15, 0.2) is 0 Å². The molecular formula is C12H16N4O5S. The predicted octanol–water partition coefficient (Wildman–Crippen LogP) is 1.56. The smallest absolute Gasteiger partial charge is 0.289 e. The maximum absolute atomic E-state index is 11.5. The third-order valence-corrected chi connectivity index (χ3v) is 3.58. The summed E-state index contributed by atoms with van der Waals surface area (Å²) < 4.78 is 0. The van der Waals surface area contributed by atoms with Gasteiger partial charge in [-0.15, -0.1) is 0 Å². The van der Waals surface area contributed by atoms with Crippen LogP contribution in [-0.2, 0) is 9.59 Å². The first-order valence-electron chi connectivity index (χ1n) is 6.52. The second kappa shape index (κ2) is 9.58. The summed E-state index contributed by atoms with van der Waals surface area (Å²) in [4.78, 5) is 32.8. The first-order chi connectivity index (χ1) is 10.5. The number of hydrogen-bond acceptors (Lipinski definition) is 7. The SMILES string of the molecule is O=C(CCCCCC(=O)N/N=C/c1ccc([N+](=O)[O-])s1)NO. The zero-order valence-corrected chi connectivity index (χ0v) is 12.5. The Balaban J connectivity index is 2.18. The van der Waals surface area contributed by atoms with Crippen LogP contribution in [0.4, 0.5) is 5.00 Å². The Kier molecular flexibility index (Phi) is 7.72. The molecule has 9 nitrogen and oxygen atoms in total. The number of amides is 2. The van der Waals surface area contributed by atoms with Gasteiger partial charge in [0.25, 0.3) is 0 Å². The molecule has 120 valence electrons. The van der Waals surface area contributed by atoms with Crippen LogP contribution in [0.5, 0.6) is 0 Å². The highest BCUT2D eigenvalue weighted by Gasteiger charge is 2.08. The number of nitrogens with zero attached hydrogens (tertiary/aromatic N) is 2.